The molecule has 5 nitrogen and oxygen atoms in total. The molecule has 0 radical (unpaired) electrons. The van der Waals surface area contributed by atoms with Crippen molar-refractivity contribution in [2.75, 3.05) is 20.1 Å². The van der Waals surface area contributed by atoms with E-state index in [0.717, 1.165) is 32.6 Å². The average molecular weight is 247 g/mol. The summed E-state index contributed by atoms with van der Waals surface area (Å²) in [4.78, 5) is 2.34. The third-order valence-corrected chi connectivity index (χ3v) is 3.11. The SMILES string of the molecule is Cc1ccnn1CCN(C)CCCn1cccn1. The summed E-state index contributed by atoms with van der Waals surface area (Å²) in [6.07, 6.45) is 6.81. The molecule has 0 saturated carbocycles. The average Bonchev–Trinajstić information content (AvgIpc) is 2.98. The second kappa shape index (κ2) is 6.35. The van der Waals surface area contributed by atoms with Crippen molar-refractivity contribution >= 4 is 0 Å². The van der Waals surface area contributed by atoms with Crippen molar-refractivity contribution in [2.45, 2.75) is 26.4 Å². The van der Waals surface area contributed by atoms with Crippen LogP contribution in [0.4, 0.5) is 0 Å². The lowest BCUT2D eigenvalue weighted by atomic mass is 10.4. The van der Waals surface area contributed by atoms with E-state index in [0.29, 0.717) is 0 Å². The Morgan fingerprint density at radius 2 is 2.06 bits per heavy atom. The monoisotopic (exact) mass is 247 g/mol. The van der Waals surface area contributed by atoms with Crippen LogP contribution in [0.5, 0.6) is 0 Å². The first-order valence-corrected chi connectivity index (χ1v) is 6.40. The van der Waals surface area contributed by atoms with Gasteiger partial charge in [0.2, 0.25) is 0 Å². The highest BCUT2D eigenvalue weighted by Gasteiger charge is 2.01. The summed E-state index contributed by atoms with van der Waals surface area (Å²) < 4.78 is 4.02. The minimum absolute atomic E-state index is 0.955. The third kappa shape index (κ3) is 3.70. The minimum Gasteiger partial charge on any atom is -0.304 e. The number of hydrogen-bond donors (Lipinski definition) is 0. The first-order valence-electron chi connectivity index (χ1n) is 6.40. The molecule has 0 aliphatic rings. The zero-order valence-corrected chi connectivity index (χ0v) is 11.2. The lowest BCUT2D eigenvalue weighted by Gasteiger charge is -2.16. The predicted octanol–water partition coefficient (Wildman–Crippen LogP) is 1.41. The molecular formula is C13H21N5. The second-order valence-electron chi connectivity index (χ2n) is 4.62. The van der Waals surface area contributed by atoms with Crippen molar-refractivity contribution < 1.29 is 0 Å². The Kier molecular flexibility index (Phi) is 4.52. The normalized spacial score (nSPS) is 11.3. The van der Waals surface area contributed by atoms with Crippen molar-refractivity contribution in [1.82, 2.24) is 24.5 Å². The molecule has 0 aliphatic heterocycles. The van der Waals surface area contributed by atoms with E-state index in [4.69, 9.17) is 0 Å². The van der Waals surface area contributed by atoms with Crippen LogP contribution in [0.25, 0.3) is 0 Å². The summed E-state index contributed by atoms with van der Waals surface area (Å²) in [5, 5.41) is 8.48. The molecule has 0 aliphatic carbocycles. The van der Waals surface area contributed by atoms with Gasteiger partial charge in [-0.2, -0.15) is 10.2 Å². The summed E-state index contributed by atoms with van der Waals surface area (Å²) in [5.41, 5.74) is 1.22. The summed E-state index contributed by atoms with van der Waals surface area (Å²) in [5.74, 6) is 0. The maximum Gasteiger partial charge on any atom is 0.0539 e. The van der Waals surface area contributed by atoms with E-state index in [2.05, 4.69) is 29.1 Å². The highest BCUT2D eigenvalue weighted by atomic mass is 15.3. The Hall–Kier alpha value is -1.62. The number of nitrogens with zero attached hydrogens (tertiary/aromatic N) is 5. The lowest BCUT2D eigenvalue weighted by molar-refractivity contribution is 0.299. The molecule has 5 heteroatoms. The van der Waals surface area contributed by atoms with Crippen molar-refractivity contribution in [3.8, 4) is 0 Å². The lowest BCUT2D eigenvalue weighted by Crippen LogP contribution is -2.25. The van der Waals surface area contributed by atoms with E-state index in [1.165, 1.54) is 5.69 Å². The van der Waals surface area contributed by atoms with E-state index in [1.807, 2.05) is 40.1 Å². The van der Waals surface area contributed by atoms with Crippen LogP contribution in [0.2, 0.25) is 0 Å². The molecule has 98 valence electrons. The van der Waals surface area contributed by atoms with Gasteiger partial charge in [-0.1, -0.05) is 0 Å². The predicted molar refractivity (Wildman–Crippen MR) is 71.3 cm³/mol. The topological polar surface area (TPSA) is 38.9 Å². The maximum absolute atomic E-state index is 4.28. The van der Waals surface area contributed by atoms with Crippen LogP contribution in [0.1, 0.15) is 12.1 Å². The van der Waals surface area contributed by atoms with Crippen LogP contribution in [-0.4, -0.2) is 44.6 Å². The zero-order chi connectivity index (χ0) is 12.8. The van der Waals surface area contributed by atoms with Crippen molar-refractivity contribution in [1.29, 1.82) is 0 Å². The molecule has 0 N–H and O–H groups in total. The molecule has 0 amide bonds. The van der Waals surface area contributed by atoms with Gasteiger partial charge in [0.15, 0.2) is 0 Å². The molecule has 18 heavy (non-hydrogen) atoms. The first-order chi connectivity index (χ1) is 8.75. The molecule has 0 saturated heterocycles. The molecule has 2 aromatic rings. The van der Waals surface area contributed by atoms with Crippen LogP contribution in [0.15, 0.2) is 30.7 Å². The standard InChI is InChI=1S/C13H21N5/c1-13-5-7-15-18(13)12-11-16(2)8-4-10-17-9-3-6-14-17/h3,5-7,9H,4,8,10-12H2,1-2H3. The molecule has 0 unspecified atom stereocenters. The summed E-state index contributed by atoms with van der Waals surface area (Å²) in [6.45, 7) is 6.14. The molecule has 2 rings (SSSR count). The van der Waals surface area contributed by atoms with E-state index < -0.39 is 0 Å². The quantitative estimate of drug-likeness (QED) is 0.742. The molecule has 2 heterocycles. The van der Waals surface area contributed by atoms with Crippen molar-refractivity contribution in [2.24, 2.45) is 0 Å². The van der Waals surface area contributed by atoms with Gasteiger partial charge in [0.05, 0.1) is 6.54 Å². The number of hydrogen-bond acceptors (Lipinski definition) is 3. The highest BCUT2D eigenvalue weighted by Crippen LogP contribution is 1.97. The van der Waals surface area contributed by atoms with E-state index in [9.17, 15) is 0 Å². The molecule has 0 fully saturated rings. The third-order valence-electron chi connectivity index (χ3n) is 3.11. The fourth-order valence-corrected chi connectivity index (χ4v) is 1.95. The Labute approximate surface area is 108 Å². The van der Waals surface area contributed by atoms with Gasteiger partial charge in [-0.05, 0) is 39.1 Å². The van der Waals surface area contributed by atoms with Crippen molar-refractivity contribution in [3.05, 3.63) is 36.4 Å². The van der Waals surface area contributed by atoms with Gasteiger partial charge in [0, 0.05) is 37.4 Å². The van der Waals surface area contributed by atoms with Gasteiger partial charge in [0.1, 0.15) is 0 Å². The Bertz CT molecular complexity index is 446. The maximum atomic E-state index is 4.28. The molecule has 0 atom stereocenters. The fraction of sp³-hybridized carbons (Fsp3) is 0.538. The van der Waals surface area contributed by atoms with Crippen LogP contribution >= 0.6 is 0 Å². The molecule has 2 aromatic heterocycles. The Balaban J connectivity index is 1.63. The molecular weight excluding hydrogens is 226 g/mol. The number of aromatic nitrogens is 4. The second-order valence-corrected chi connectivity index (χ2v) is 4.62. The van der Waals surface area contributed by atoms with Crippen LogP contribution < -0.4 is 0 Å². The molecule has 0 bridgehead atoms. The Morgan fingerprint density at radius 3 is 2.72 bits per heavy atom. The Morgan fingerprint density at radius 1 is 1.17 bits per heavy atom. The number of aryl methyl sites for hydroxylation is 2. The minimum atomic E-state index is 0.955. The van der Waals surface area contributed by atoms with Crippen LogP contribution in [-0.2, 0) is 13.1 Å². The van der Waals surface area contributed by atoms with Gasteiger partial charge in [-0.15, -0.1) is 0 Å². The summed E-state index contributed by atoms with van der Waals surface area (Å²) in [7, 11) is 2.15. The van der Waals surface area contributed by atoms with Gasteiger partial charge in [-0.25, -0.2) is 0 Å². The fourth-order valence-electron chi connectivity index (χ4n) is 1.95. The summed E-state index contributed by atoms with van der Waals surface area (Å²) in [6, 6.07) is 4.00. The number of rotatable bonds is 7. The largest absolute Gasteiger partial charge is 0.304 e. The van der Waals surface area contributed by atoms with Crippen LogP contribution in [0, 0.1) is 6.92 Å². The number of likely N-dealkylation sites (N-methyl/N-ethyl adjacent to an activating group) is 1. The van der Waals surface area contributed by atoms with Gasteiger partial charge in [0.25, 0.3) is 0 Å². The summed E-state index contributed by atoms with van der Waals surface area (Å²) >= 11 is 0. The van der Waals surface area contributed by atoms with Crippen molar-refractivity contribution in [3.63, 3.8) is 0 Å². The highest BCUT2D eigenvalue weighted by molar-refractivity contribution is 4.96. The van der Waals surface area contributed by atoms with E-state index >= 15 is 0 Å². The van der Waals surface area contributed by atoms with E-state index in [-0.39, 0.29) is 0 Å². The van der Waals surface area contributed by atoms with Gasteiger partial charge >= 0.3 is 0 Å². The van der Waals surface area contributed by atoms with E-state index in [1.54, 1.807) is 0 Å². The van der Waals surface area contributed by atoms with Crippen LogP contribution in [0.3, 0.4) is 0 Å². The zero-order valence-electron chi connectivity index (χ0n) is 11.2. The van der Waals surface area contributed by atoms with Gasteiger partial charge < -0.3 is 4.90 Å². The van der Waals surface area contributed by atoms with Gasteiger partial charge in [-0.3, -0.25) is 9.36 Å². The molecule has 0 spiro atoms. The molecule has 0 aromatic carbocycles. The smallest absolute Gasteiger partial charge is 0.0539 e. The first kappa shape index (κ1) is 12.8.